The van der Waals surface area contributed by atoms with Gasteiger partial charge in [0.05, 0.1) is 11.6 Å². The number of nitrogens with two attached hydrogens (primary N) is 1. The van der Waals surface area contributed by atoms with Crippen LogP contribution in [0.25, 0.3) is 0 Å². The molecule has 0 atom stereocenters. The third kappa shape index (κ3) is 4.06. The summed E-state index contributed by atoms with van der Waals surface area (Å²) in [4.78, 5) is 16.2. The van der Waals surface area contributed by atoms with Gasteiger partial charge in [-0.2, -0.15) is 0 Å². The van der Waals surface area contributed by atoms with Gasteiger partial charge in [-0.05, 0) is 42.8 Å². The Morgan fingerprint density at radius 3 is 2.81 bits per heavy atom. The standard InChI is InChI=1S/C16H14ClN3O/c1-11-9-13(5-4-12(11)3-2-8-18)16(21)20-15-7-6-14(17)10-19-15/h4-7,9-10H,8,18H2,1H3,(H,19,20,21). The number of amides is 1. The monoisotopic (exact) mass is 299 g/mol. The molecular weight excluding hydrogens is 286 g/mol. The third-order valence-electron chi connectivity index (χ3n) is 2.78. The van der Waals surface area contributed by atoms with Crippen molar-refractivity contribution in [1.29, 1.82) is 0 Å². The Bertz CT molecular complexity index is 715. The van der Waals surface area contributed by atoms with E-state index in [4.69, 9.17) is 17.3 Å². The Labute approximate surface area is 128 Å². The highest BCUT2D eigenvalue weighted by Crippen LogP contribution is 2.13. The Morgan fingerprint density at radius 2 is 2.19 bits per heavy atom. The van der Waals surface area contributed by atoms with Crippen LogP contribution in [0.4, 0.5) is 5.82 Å². The van der Waals surface area contributed by atoms with E-state index in [-0.39, 0.29) is 5.91 Å². The lowest BCUT2D eigenvalue weighted by Crippen LogP contribution is -2.13. The van der Waals surface area contributed by atoms with Crippen molar-refractivity contribution in [1.82, 2.24) is 4.98 Å². The number of halogens is 1. The van der Waals surface area contributed by atoms with E-state index in [9.17, 15) is 4.79 Å². The first-order valence-corrected chi connectivity index (χ1v) is 6.70. The van der Waals surface area contributed by atoms with Gasteiger partial charge in [-0.3, -0.25) is 4.79 Å². The highest BCUT2D eigenvalue weighted by molar-refractivity contribution is 6.30. The van der Waals surface area contributed by atoms with E-state index in [1.807, 2.05) is 13.0 Å². The molecule has 0 aliphatic rings. The van der Waals surface area contributed by atoms with E-state index in [2.05, 4.69) is 22.1 Å². The van der Waals surface area contributed by atoms with E-state index >= 15 is 0 Å². The zero-order valence-electron chi connectivity index (χ0n) is 11.5. The maximum absolute atomic E-state index is 12.1. The van der Waals surface area contributed by atoms with Gasteiger partial charge in [0.15, 0.2) is 0 Å². The molecule has 2 aromatic rings. The van der Waals surface area contributed by atoms with Gasteiger partial charge >= 0.3 is 0 Å². The molecule has 0 bridgehead atoms. The lowest BCUT2D eigenvalue weighted by atomic mass is 10.0. The molecule has 0 saturated carbocycles. The third-order valence-corrected chi connectivity index (χ3v) is 3.01. The molecular formula is C16H14ClN3O. The van der Waals surface area contributed by atoms with Crippen LogP contribution in [0.1, 0.15) is 21.5 Å². The molecule has 106 valence electrons. The Hall–Kier alpha value is -2.35. The number of carbonyl (C=O) groups is 1. The molecule has 1 aromatic carbocycles. The Morgan fingerprint density at radius 1 is 1.38 bits per heavy atom. The second-order valence-electron chi connectivity index (χ2n) is 4.35. The number of pyridine rings is 1. The first-order valence-electron chi connectivity index (χ1n) is 6.32. The van der Waals surface area contributed by atoms with Gasteiger partial charge < -0.3 is 11.1 Å². The number of rotatable bonds is 2. The van der Waals surface area contributed by atoms with E-state index in [1.54, 1.807) is 24.3 Å². The fraction of sp³-hybridized carbons (Fsp3) is 0.125. The van der Waals surface area contributed by atoms with Crippen LogP contribution in [0.3, 0.4) is 0 Å². The first kappa shape index (κ1) is 15.0. The molecule has 0 radical (unpaired) electrons. The quantitative estimate of drug-likeness (QED) is 0.838. The summed E-state index contributed by atoms with van der Waals surface area (Å²) in [6, 6.07) is 8.63. The van der Waals surface area contributed by atoms with Crippen molar-refractivity contribution < 1.29 is 4.79 Å². The van der Waals surface area contributed by atoms with Crippen molar-refractivity contribution in [3.8, 4) is 11.8 Å². The molecule has 0 fully saturated rings. The second kappa shape index (κ2) is 6.89. The average Bonchev–Trinajstić information content (AvgIpc) is 2.48. The summed E-state index contributed by atoms with van der Waals surface area (Å²) in [5.41, 5.74) is 7.68. The molecule has 0 aliphatic heterocycles. The van der Waals surface area contributed by atoms with E-state index in [0.29, 0.717) is 22.9 Å². The van der Waals surface area contributed by atoms with E-state index in [0.717, 1.165) is 11.1 Å². The first-order chi connectivity index (χ1) is 10.1. The molecule has 0 unspecified atom stereocenters. The van der Waals surface area contributed by atoms with Crippen molar-refractivity contribution in [2.24, 2.45) is 5.73 Å². The van der Waals surface area contributed by atoms with Gasteiger partial charge in [0, 0.05) is 17.3 Å². The fourth-order valence-electron chi connectivity index (χ4n) is 1.73. The zero-order valence-corrected chi connectivity index (χ0v) is 12.2. The summed E-state index contributed by atoms with van der Waals surface area (Å²) in [5, 5.41) is 3.23. The van der Waals surface area contributed by atoms with Gasteiger partial charge in [0.2, 0.25) is 0 Å². The van der Waals surface area contributed by atoms with Crippen LogP contribution < -0.4 is 11.1 Å². The number of carbonyl (C=O) groups excluding carboxylic acids is 1. The van der Waals surface area contributed by atoms with Crippen LogP contribution in [0, 0.1) is 18.8 Å². The van der Waals surface area contributed by atoms with Crippen LogP contribution in [-0.4, -0.2) is 17.4 Å². The number of hydrogen-bond acceptors (Lipinski definition) is 3. The predicted molar refractivity (Wildman–Crippen MR) is 84.3 cm³/mol. The van der Waals surface area contributed by atoms with Crippen molar-refractivity contribution in [2.45, 2.75) is 6.92 Å². The smallest absolute Gasteiger partial charge is 0.256 e. The lowest BCUT2D eigenvalue weighted by Gasteiger charge is -2.06. The van der Waals surface area contributed by atoms with Crippen LogP contribution in [0.5, 0.6) is 0 Å². The van der Waals surface area contributed by atoms with Crippen LogP contribution in [0.2, 0.25) is 5.02 Å². The number of nitrogens with zero attached hydrogens (tertiary/aromatic N) is 1. The van der Waals surface area contributed by atoms with Crippen LogP contribution in [-0.2, 0) is 0 Å². The van der Waals surface area contributed by atoms with E-state index < -0.39 is 0 Å². The number of nitrogens with one attached hydrogen (secondary N) is 1. The molecule has 21 heavy (non-hydrogen) atoms. The molecule has 5 heteroatoms. The number of hydrogen-bond donors (Lipinski definition) is 2. The summed E-state index contributed by atoms with van der Waals surface area (Å²) in [6.45, 7) is 2.21. The average molecular weight is 300 g/mol. The summed E-state index contributed by atoms with van der Waals surface area (Å²) >= 11 is 5.75. The maximum atomic E-state index is 12.1. The lowest BCUT2D eigenvalue weighted by molar-refractivity contribution is 0.102. The molecule has 1 heterocycles. The van der Waals surface area contributed by atoms with Crippen LogP contribution in [0.15, 0.2) is 36.5 Å². The number of benzene rings is 1. The molecule has 0 aliphatic carbocycles. The van der Waals surface area contributed by atoms with Crippen molar-refractivity contribution in [2.75, 3.05) is 11.9 Å². The summed E-state index contributed by atoms with van der Waals surface area (Å²) in [7, 11) is 0. The molecule has 0 saturated heterocycles. The molecule has 1 amide bonds. The van der Waals surface area contributed by atoms with Crippen molar-refractivity contribution in [3.05, 3.63) is 58.2 Å². The second-order valence-corrected chi connectivity index (χ2v) is 4.79. The highest BCUT2D eigenvalue weighted by atomic mass is 35.5. The van der Waals surface area contributed by atoms with E-state index in [1.165, 1.54) is 6.20 Å². The minimum absolute atomic E-state index is 0.230. The fourth-order valence-corrected chi connectivity index (χ4v) is 1.84. The SMILES string of the molecule is Cc1cc(C(=O)Nc2ccc(Cl)cn2)ccc1C#CCN. The van der Waals surface area contributed by atoms with Gasteiger partial charge in [-0.1, -0.05) is 23.4 Å². The minimum atomic E-state index is -0.230. The van der Waals surface area contributed by atoms with Gasteiger partial charge in [0.1, 0.15) is 5.82 Å². The molecule has 4 nitrogen and oxygen atoms in total. The maximum Gasteiger partial charge on any atom is 0.256 e. The summed E-state index contributed by atoms with van der Waals surface area (Å²) in [5.74, 6) is 5.98. The number of aryl methyl sites for hydroxylation is 1. The van der Waals surface area contributed by atoms with Crippen molar-refractivity contribution >= 4 is 23.3 Å². The van der Waals surface area contributed by atoms with Gasteiger partial charge in [0.25, 0.3) is 5.91 Å². The van der Waals surface area contributed by atoms with Gasteiger partial charge in [-0.25, -0.2) is 4.98 Å². The molecule has 2 rings (SSSR count). The minimum Gasteiger partial charge on any atom is -0.320 e. The van der Waals surface area contributed by atoms with Crippen molar-refractivity contribution in [3.63, 3.8) is 0 Å². The normalized spacial score (nSPS) is 9.67. The Kier molecular flexibility index (Phi) is 4.94. The largest absolute Gasteiger partial charge is 0.320 e. The molecule has 3 N–H and O–H groups in total. The highest BCUT2D eigenvalue weighted by Gasteiger charge is 2.08. The molecule has 1 aromatic heterocycles. The summed E-state index contributed by atoms with van der Waals surface area (Å²) in [6.07, 6.45) is 1.48. The summed E-state index contributed by atoms with van der Waals surface area (Å²) < 4.78 is 0. The molecule has 0 spiro atoms. The van der Waals surface area contributed by atoms with Crippen LogP contribution >= 0.6 is 11.6 Å². The van der Waals surface area contributed by atoms with Gasteiger partial charge in [-0.15, -0.1) is 0 Å². The number of aromatic nitrogens is 1. The Balaban J connectivity index is 2.16. The number of anilines is 1. The zero-order chi connectivity index (χ0) is 15.2. The topological polar surface area (TPSA) is 68.0 Å². The predicted octanol–water partition coefficient (Wildman–Crippen LogP) is 2.61.